The maximum Gasteiger partial charge on any atom is 0.307 e. The average Bonchev–Trinajstić information content (AvgIpc) is 2.17. The van der Waals surface area contributed by atoms with Gasteiger partial charge in [0.15, 0.2) is 0 Å². The summed E-state index contributed by atoms with van der Waals surface area (Å²) in [5.41, 5.74) is 0. The van der Waals surface area contributed by atoms with Crippen LogP contribution < -0.4 is 5.32 Å². The van der Waals surface area contributed by atoms with E-state index in [4.69, 9.17) is 5.11 Å². The minimum absolute atomic E-state index is 0.139. The van der Waals surface area contributed by atoms with E-state index in [9.17, 15) is 4.79 Å². The molecule has 1 aliphatic heterocycles. The van der Waals surface area contributed by atoms with Crippen molar-refractivity contribution in [3.8, 4) is 0 Å². The van der Waals surface area contributed by atoms with Gasteiger partial charge in [-0.3, -0.25) is 4.79 Å². The molecule has 3 heteroatoms. The lowest BCUT2D eigenvalue weighted by Crippen LogP contribution is -2.48. The molecule has 1 aliphatic carbocycles. The van der Waals surface area contributed by atoms with Crippen molar-refractivity contribution in [2.24, 2.45) is 11.8 Å². The first-order valence-corrected chi connectivity index (χ1v) is 5.23. The lowest BCUT2D eigenvalue weighted by atomic mass is 9.76. The molecule has 13 heavy (non-hydrogen) atoms. The predicted molar refractivity (Wildman–Crippen MR) is 49.5 cm³/mol. The molecule has 2 N–H and O–H groups in total. The van der Waals surface area contributed by atoms with E-state index < -0.39 is 5.97 Å². The minimum atomic E-state index is -0.628. The fraction of sp³-hybridized carbons (Fsp3) is 0.900. The Morgan fingerprint density at radius 1 is 1.31 bits per heavy atom. The first kappa shape index (κ1) is 9.00. The van der Waals surface area contributed by atoms with E-state index in [1.54, 1.807) is 0 Å². The van der Waals surface area contributed by atoms with Crippen molar-refractivity contribution in [3.63, 3.8) is 0 Å². The summed E-state index contributed by atoms with van der Waals surface area (Å²) < 4.78 is 0. The third kappa shape index (κ3) is 1.85. The number of hydrogen-bond acceptors (Lipinski definition) is 2. The van der Waals surface area contributed by atoms with Crippen molar-refractivity contribution in [2.75, 3.05) is 6.54 Å². The molecule has 1 saturated heterocycles. The molecule has 0 aromatic heterocycles. The molecule has 0 aromatic carbocycles. The molecule has 1 saturated carbocycles. The first-order chi connectivity index (χ1) is 6.27. The molecule has 0 aromatic rings. The van der Waals surface area contributed by atoms with Gasteiger partial charge in [-0.25, -0.2) is 0 Å². The van der Waals surface area contributed by atoms with Crippen LogP contribution in [0.5, 0.6) is 0 Å². The maximum atomic E-state index is 10.8. The van der Waals surface area contributed by atoms with Crippen LogP contribution in [0.2, 0.25) is 0 Å². The quantitative estimate of drug-likeness (QED) is 0.643. The molecule has 74 valence electrons. The van der Waals surface area contributed by atoms with Gasteiger partial charge in [-0.05, 0) is 25.2 Å². The number of piperidine rings is 1. The Morgan fingerprint density at radius 3 is 2.85 bits per heavy atom. The zero-order valence-electron chi connectivity index (χ0n) is 7.83. The van der Waals surface area contributed by atoms with E-state index in [1.165, 1.54) is 25.7 Å². The lowest BCUT2D eigenvalue weighted by Gasteiger charge is -2.38. The van der Waals surface area contributed by atoms with Gasteiger partial charge in [0.25, 0.3) is 0 Å². The van der Waals surface area contributed by atoms with Gasteiger partial charge in [-0.15, -0.1) is 0 Å². The molecule has 0 amide bonds. The molecule has 2 fully saturated rings. The molecule has 0 unspecified atom stereocenters. The largest absolute Gasteiger partial charge is 0.481 e. The molecule has 0 spiro atoms. The third-order valence-electron chi connectivity index (χ3n) is 3.47. The van der Waals surface area contributed by atoms with Crippen LogP contribution in [0.1, 0.15) is 32.1 Å². The summed E-state index contributed by atoms with van der Waals surface area (Å²) in [7, 11) is 0. The normalized spacial score (nSPS) is 39.5. The van der Waals surface area contributed by atoms with Crippen molar-refractivity contribution in [2.45, 2.75) is 38.1 Å². The fourth-order valence-electron chi connectivity index (χ4n) is 2.69. The number of carboxylic acids is 1. The average molecular weight is 183 g/mol. The minimum Gasteiger partial charge on any atom is -0.481 e. The Balaban J connectivity index is 1.95. The Hall–Kier alpha value is -0.570. The molecule has 0 radical (unpaired) electrons. The van der Waals surface area contributed by atoms with Crippen molar-refractivity contribution in [3.05, 3.63) is 0 Å². The van der Waals surface area contributed by atoms with Crippen LogP contribution in [-0.4, -0.2) is 23.7 Å². The van der Waals surface area contributed by atoms with Crippen LogP contribution in [0.25, 0.3) is 0 Å². The van der Waals surface area contributed by atoms with Crippen LogP contribution in [0.3, 0.4) is 0 Å². The molecule has 1 heterocycles. The van der Waals surface area contributed by atoms with Crippen LogP contribution in [0.15, 0.2) is 0 Å². The number of hydrogen-bond donors (Lipinski definition) is 2. The number of aliphatic carboxylic acids is 1. The molecule has 0 bridgehead atoms. The first-order valence-electron chi connectivity index (χ1n) is 5.23. The summed E-state index contributed by atoms with van der Waals surface area (Å²) in [5, 5.41) is 12.3. The summed E-state index contributed by atoms with van der Waals surface area (Å²) >= 11 is 0. The second-order valence-electron chi connectivity index (χ2n) is 4.33. The third-order valence-corrected chi connectivity index (χ3v) is 3.47. The molecular weight excluding hydrogens is 166 g/mol. The molecular formula is C10H17NO2. The van der Waals surface area contributed by atoms with Gasteiger partial charge >= 0.3 is 5.97 Å². The Labute approximate surface area is 78.5 Å². The van der Waals surface area contributed by atoms with Crippen molar-refractivity contribution in [1.29, 1.82) is 0 Å². The van der Waals surface area contributed by atoms with Crippen LogP contribution in [0, 0.1) is 11.8 Å². The maximum absolute atomic E-state index is 10.8. The van der Waals surface area contributed by atoms with Gasteiger partial charge < -0.3 is 10.4 Å². The smallest absolute Gasteiger partial charge is 0.307 e. The Bertz CT molecular complexity index is 205. The monoisotopic (exact) mass is 183 g/mol. The number of nitrogens with one attached hydrogen (secondary N) is 1. The van der Waals surface area contributed by atoms with E-state index in [0.29, 0.717) is 18.5 Å². The van der Waals surface area contributed by atoms with Gasteiger partial charge in [-0.1, -0.05) is 12.8 Å². The van der Waals surface area contributed by atoms with Crippen LogP contribution in [0.4, 0.5) is 0 Å². The lowest BCUT2D eigenvalue weighted by molar-refractivity contribution is -0.143. The molecule has 3 nitrogen and oxygen atoms in total. The highest BCUT2D eigenvalue weighted by molar-refractivity contribution is 5.70. The number of carboxylic acid groups (broad SMARTS) is 1. The highest BCUT2D eigenvalue weighted by Gasteiger charge is 2.34. The van der Waals surface area contributed by atoms with Gasteiger partial charge in [-0.2, -0.15) is 0 Å². The van der Waals surface area contributed by atoms with E-state index >= 15 is 0 Å². The highest BCUT2D eigenvalue weighted by Crippen LogP contribution is 2.32. The van der Waals surface area contributed by atoms with Crippen LogP contribution in [-0.2, 0) is 4.79 Å². The predicted octanol–water partition coefficient (Wildman–Crippen LogP) is 1.24. The molecule has 3 atom stereocenters. The summed E-state index contributed by atoms with van der Waals surface area (Å²) in [6.07, 6.45) is 5.96. The molecule has 2 rings (SSSR count). The summed E-state index contributed by atoms with van der Waals surface area (Å²) in [4.78, 5) is 10.8. The standard InChI is InChI=1S/C10H17NO2/c12-10(13)8-5-7-3-1-2-4-9(7)11-6-8/h7-9,11H,1-6H2,(H,12,13)/t7-,8+,9-/m1/s1. The van der Waals surface area contributed by atoms with Gasteiger partial charge in [0.2, 0.25) is 0 Å². The number of rotatable bonds is 1. The highest BCUT2D eigenvalue weighted by atomic mass is 16.4. The fourth-order valence-corrected chi connectivity index (χ4v) is 2.69. The SMILES string of the molecule is O=C(O)[C@@H]1CN[C@@H]2CCCC[C@@H]2C1. The summed E-state index contributed by atoms with van der Waals surface area (Å²) in [6.45, 7) is 0.677. The van der Waals surface area contributed by atoms with E-state index in [0.717, 1.165) is 6.42 Å². The van der Waals surface area contributed by atoms with E-state index in [1.807, 2.05) is 0 Å². The second-order valence-corrected chi connectivity index (χ2v) is 4.33. The van der Waals surface area contributed by atoms with Crippen LogP contribution >= 0.6 is 0 Å². The summed E-state index contributed by atoms with van der Waals surface area (Å²) in [6, 6.07) is 0.615. The topological polar surface area (TPSA) is 49.3 Å². The zero-order valence-corrected chi connectivity index (χ0v) is 7.83. The van der Waals surface area contributed by atoms with E-state index in [2.05, 4.69) is 5.32 Å². The van der Waals surface area contributed by atoms with Crippen molar-refractivity contribution < 1.29 is 9.90 Å². The molecule has 2 aliphatic rings. The number of carbonyl (C=O) groups is 1. The Kier molecular flexibility index (Phi) is 2.54. The summed E-state index contributed by atoms with van der Waals surface area (Å²) in [5.74, 6) is -0.139. The second kappa shape index (κ2) is 3.66. The van der Waals surface area contributed by atoms with Gasteiger partial charge in [0.05, 0.1) is 5.92 Å². The Morgan fingerprint density at radius 2 is 2.08 bits per heavy atom. The van der Waals surface area contributed by atoms with Crippen molar-refractivity contribution in [1.82, 2.24) is 5.32 Å². The van der Waals surface area contributed by atoms with Gasteiger partial charge in [0, 0.05) is 12.6 Å². The van der Waals surface area contributed by atoms with Gasteiger partial charge in [0.1, 0.15) is 0 Å². The van der Waals surface area contributed by atoms with E-state index in [-0.39, 0.29) is 5.92 Å². The number of fused-ring (bicyclic) bond motifs is 1. The zero-order chi connectivity index (χ0) is 9.26. The van der Waals surface area contributed by atoms with Crippen molar-refractivity contribution >= 4 is 5.97 Å².